The number of carbonyl (C=O) groups is 2. The van der Waals surface area contributed by atoms with Gasteiger partial charge in [0.15, 0.2) is 0 Å². The summed E-state index contributed by atoms with van der Waals surface area (Å²) in [7, 11) is 0. The molecule has 2 aromatic rings. The van der Waals surface area contributed by atoms with Crippen LogP contribution in [0.4, 0.5) is 18.9 Å². The molecule has 138 valence electrons. The first-order valence-corrected chi connectivity index (χ1v) is 8.03. The van der Waals surface area contributed by atoms with Crippen LogP contribution in [0, 0.1) is 0 Å². The van der Waals surface area contributed by atoms with Crippen molar-refractivity contribution in [2.45, 2.75) is 19.0 Å². The van der Waals surface area contributed by atoms with Gasteiger partial charge in [-0.25, -0.2) is 4.79 Å². The fraction of sp³-hybridized carbons (Fsp3) is 0.222. The van der Waals surface area contributed by atoms with Crippen LogP contribution in [-0.2, 0) is 11.2 Å². The number of rotatable bonds is 6. The average molecular weight is 386 g/mol. The minimum Gasteiger partial charge on any atom is -0.478 e. The largest absolute Gasteiger partial charge is 0.478 e. The van der Waals surface area contributed by atoms with Gasteiger partial charge >= 0.3 is 18.1 Å². The van der Waals surface area contributed by atoms with E-state index in [1.165, 1.54) is 6.07 Å². The number of alkyl halides is 3. The third-order valence-corrected chi connectivity index (χ3v) is 3.89. The Balaban J connectivity index is 2.30. The molecule has 1 N–H and O–H groups in total. The number of hydrogen-bond acceptors (Lipinski definition) is 2. The smallest absolute Gasteiger partial charge is 0.471 e. The normalized spacial score (nSPS) is 11.2. The summed E-state index contributed by atoms with van der Waals surface area (Å²) < 4.78 is 38.9. The van der Waals surface area contributed by atoms with Gasteiger partial charge in [0.25, 0.3) is 0 Å². The lowest BCUT2D eigenvalue weighted by molar-refractivity contribution is -0.170. The van der Waals surface area contributed by atoms with E-state index in [0.29, 0.717) is 11.3 Å². The minimum atomic E-state index is -5.12. The fourth-order valence-electron chi connectivity index (χ4n) is 2.49. The second kappa shape index (κ2) is 8.23. The molecule has 0 fully saturated rings. The van der Waals surface area contributed by atoms with Crippen molar-refractivity contribution in [3.8, 4) is 0 Å². The summed E-state index contributed by atoms with van der Waals surface area (Å²) in [6.45, 7) is -0.283. The van der Waals surface area contributed by atoms with Gasteiger partial charge in [-0.1, -0.05) is 41.9 Å². The van der Waals surface area contributed by atoms with Crippen LogP contribution in [0.5, 0.6) is 0 Å². The zero-order chi connectivity index (χ0) is 19.3. The fourth-order valence-corrected chi connectivity index (χ4v) is 2.66. The zero-order valence-electron chi connectivity index (χ0n) is 13.5. The molecule has 2 aromatic carbocycles. The van der Waals surface area contributed by atoms with E-state index in [-0.39, 0.29) is 23.7 Å². The Morgan fingerprint density at radius 3 is 2.31 bits per heavy atom. The van der Waals surface area contributed by atoms with Crippen LogP contribution in [0.1, 0.15) is 22.3 Å². The highest BCUT2D eigenvalue weighted by Crippen LogP contribution is 2.29. The number of nitrogens with zero attached hydrogens (tertiary/aromatic N) is 1. The number of hydrogen-bond donors (Lipinski definition) is 1. The second-order valence-electron chi connectivity index (χ2n) is 5.51. The van der Waals surface area contributed by atoms with Crippen LogP contribution in [0.25, 0.3) is 0 Å². The van der Waals surface area contributed by atoms with Crippen LogP contribution < -0.4 is 4.90 Å². The van der Waals surface area contributed by atoms with Crippen LogP contribution in [-0.4, -0.2) is 29.7 Å². The van der Waals surface area contributed by atoms with E-state index in [9.17, 15) is 27.9 Å². The number of carboxylic acid groups (broad SMARTS) is 1. The van der Waals surface area contributed by atoms with Gasteiger partial charge in [0.2, 0.25) is 0 Å². The molecule has 0 aliphatic carbocycles. The topological polar surface area (TPSA) is 57.6 Å². The van der Waals surface area contributed by atoms with Crippen LogP contribution >= 0.6 is 11.6 Å². The number of carboxylic acids is 1. The van der Waals surface area contributed by atoms with Crippen molar-refractivity contribution in [3.63, 3.8) is 0 Å². The number of anilines is 1. The number of carbonyl (C=O) groups excluding carboxylic acids is 1. The van der Waals surface area contributed by atoms with Crippen molar-refractivity contribution >= 4 is 29.2 Å². The molecule has 0 bridgehead atoms. The summed E-state index contributed by atoms with van der Waals surface area (Å²) in [5, 5.41) is 9.30. The maximum absolute atomic E-state index is 13.0. The Kier molecular flexibility index (Phi) is 6.26. The number of amides is 1. The van der Waals surface area contributed by atoms with E-state index in [1.54, 1.807) is 12.1 Å². The molecule has 0 aliphatic heterocycles. The van der Waals surface area contributed by atoms with E-state index in [2.05, 4.69) is 0 Å². The molecule has 0 atom stereocenters. The second-order valence-corrected chi connectivity index (χ2v) is 5.95. The summed E-state index contributed by atoms with van der Waals surface area (Å²) in [4.78, 5) is 23.7. The predicted molar refractivity (Wildman–Crippen MR) is 91.6 cm³/mol. The van der Waals surface area contributed by atoms with Crippen LogP contribution in [0.2, 0.25) is 5.02 Å². The third-order valence-electron chi connectivity index (χ3n) is 3.66. The number of halogens is 4. The molecule has 0 aliphatic rings. The van der Waals surface area contributed by atoms with Gasteiger partial charge in [-0.05, 0) is 36.6 Å². The summed E-state index contributed by atoms with van der Waals surface area (Å²) in [5.74, 6) is -3.58. The molecule has 0 heterocycles. The first-order chi connectivity index (χ1) is 12.2. The highest BCUT2D eigenvalue weighted by molar-refractivity contribution is 6.31. The van der Waals surface area contributed by atoms with Gasteiger partial charge in [0.05, 0.1) is 11.3 Å². The molecule has 8 heteroatoms. The molecule has 1 amide bonds. The van der Waals surface area contributed by atoms with Crippen molar-refractivity contribution in [1.29, 1.82) is 0 Å². The SMILES string of the molecule is O=C(O)c1cc(Cl)ccc1N(CCCc1ccccc1)C(=O)C(F)(F)F. The van der Waals surface area contributed by atoms with Gasteiger partial charge in [0.1, 0.15) is 0 Å². The van der Waals surface area contributed by atoms with E-state index in [4.69, 9.17) is 11.6 Å². The summed E-state index contributed by atoms with van der Waals surface area (Å²) in [6.07, 6.45) is -4.45. The maximum atomic E-state index is 13.0. The molecule has 0 spiro atoms. The molecule has 0 saturated heterocycles. The molecule has 0 aromatic heterocycles. The summed E-state index contributed by atoms with van der Waals surface area (Å²) in [6, 6.07) is 12.4. The Hall–Kier alpha value is -2.54. The highest BCUT2D eigenvalue weighted by Gasteiger charge is 2.43. The molecular formula is C18H15ClF3NO3. The van der Waals surface area contributed by atoms with Crippen molar-refractivity contribution in [1.82, 2.24) is 0 Å². The van der Waals surface area contributed by atoms with Crippen LogP contribution in [0.15, 0.2) is 48.5 Å². The molecule has 0 unspecified atom stereocenters. The molecule has 4 nitrogen and oxygen atoms in total. The van der Waals surface area contributed by atoms with E-state index in [1.807, 2.05) is 18.2 Å². The lowest BCUT2D eigenvalue weighted by Gasteiger charge is -2.25. The molecule has 0 saturated carbocycles. The number of aryl methyl sites for hydroxylation is 1. The van der Waals surface area contributed by atoms with Crippen molar-refractivity contribution in [2.75, 3.05) is 11.4 Å². The van der Waals surface area contributed by atoms with Crippen molar-refractivity contribution in [2.24, 2.45) is 0 Å². The van der Waals surface area contributed by atoms with Crippen molar-refractivity contribution in [3.05, 3.63) is 64.7 Å². The van der Waals surface area contributed by atoms with Crippen molar-refractivity contribution < 1.29 is 27.9 Å². The minimum absolute atomic E-state index is 0.0508. The molecular weight excluding hydrogens is 371 g/mol. The maximum Gasteiger partial charge on any atom is 0.471 e. The first kappa shape index (κ1) is 19.8. The standard InChI is InChI=1S/C18H15ClF3NO3/c19-13-8-9-15(14(11-13)16(24)25)23(17(26)18(20,21)22)10-4-7-12-5-2-1-3-6-12/h1-3,5-6,8-9,11H,4,7,10H2,(H,24,25). The Morgan fingerprint density at radius 2 is 1.73 bits per heavy atom. The first-order valence-electron chi connectivity index (χ1n) is 7.65. The van der Waals surface area contributed by atoms with Gasteiger partial charge in [-0.3, -0.25) is 4.79 Å². The number of aromatic carboxylic acids is 1. The lowest BCUT2D eigenvalue weighted by atomic mass is 10.1. The third kappa shape index (κ3) is 4.98. The monoisotopic (exact) mass is 385 g/mol. The predicted octanol–water partition coefficient (Wildman–Crippen LogP) is 4.57. The summed E-state index contributed by atoms with van der Waals surface area (Å²) in [5.41, 5.74) is 0.105. The average Bonchev–Trinajstić information content (AvgIpc) is 2.58. The van der Waals surface area contributed by atoms with E-state index < -0.39 is 23.6 Å². The van der Waals surface area contributed by atoms with E-state index >= 15 is 0 Å². The quantitative estimate of drug-likeness (QED) is 0.792. The Labute approximate surface area is 152 Å². The molecule has 0 radical (unpaired) electrons. The Morgan fingerprint density at radius 1 is 1.08 bits per heavy atom. The molecule has 2 rings (SSSR count). The number of benzene rings is 2. The summed E-state index contributed by atoms with van der Waals surface area (Å²) >= 11 is 5.73. The van der Waals surface area contributed by atoms with E-state index in [0.717, 1.165) is 17.7 Å². The van der Waals surface area contributed by atoms with Gasteiger partial charge < -0.3 is 10.0 Å². The lowest BCUT2D eigenvalue weighted by Crippen LogP contribution is -2.42. The zero-order valence-corrected chi connectivity index (χ0v) is 14.2. The van der Waals surface area contributed by atoms with Gasteiger partial charge in [0, 0.05) is 11.6 Å². The van der Waals surface area contributed by atoms with Gasteiger partial charge in [-0.2, -0.15) is 13.2 Å². The molecule has 26 heavy (non-hydrogen) atoms. The van der Waals surface area contributed by atoms with Gasteiger partial charge in [-0.15, -0.1) is 0 Å². The van der Waals surface area contributed by atoms with Crippen LogP contribution in [0.3, 0.4) is 0 Å². The highest BCUT2D eigenvalue weighted by atomic mass is 35.5. The Bertz CT molecular complexity index is 794.